The maximum atomic E-state index is 11.8. The number of para-hydroxylation sites is 1. The molecule has 3 N–H and O–H groups in total. The summed E-state index contributed by atoms with van der Waals surface area (Å²) in [4.78, 5) is 38.9. The molecule has 0 radical (unpaired) electrons. The smallest absolute Gasteiger partial charge is 0.328 e. The number of hydrogen-bond donors (Lipinski definition) is 3. The molecule has 0 saturated carbocycles. The van der Waals surface area contributed by atoms with E-state index in [0.29, 0.717) is 10.9 Å². The van der Waals surface area contributed by atoms with Gasteiger partial charge in [-0.3, -0.25) is 19.1 Å². The topological polar surface area (TPSA) is 133 Å². The molecule has 0 aliphatic rings. The van der Waals surface area contributed by atoms with Crippen molar-refractivity contribution in [3.8, 4) is 5.88 Å². The minimum absolute atomic E-state index is 0.141. The SMILES string of the molecule is O=C(Cn1ccc(=O)[nH]c1=O)N=Nc1c(O)[nH]c2ccccc12. The van der Waals surface area contributed by atoms with Gasteiger partial charge in [0.15, 0.2) is 5.69 Å². The molecule has 0 saturated heterocycles. The molecule has 0 aliphatic carbocycles. The Labute approximate surface area is 127 Å². The van der Waals surface area contributed by atoms with Crippen LogP contribution in [0.25, 0.3) is 10.9 Å². The van der Waals surface area contributed by atoms with Crippen molar-refractivity contribution >= 4 is 22.5 Å². The second-order valence-corrected chi connectivity index (χ2v) is 4.70. The summed E-state index contributed by atoms with van der Waals surface area (Å²) < 4.78 is 0.998. The van der Waals surface area contributed by atoms with Crippen LogP contribution in [-0.4, -0.2) is 25.5 Å². The highest BCUT2D eigenvalue weighted by Crippen LogP contribution is 2.35. The van der Waals surface area contributed by atoms with Gasteiger partial charge in [-0.1, -0.05) is 18.2 Å². The van der Waals surface area contributed by atoms with Crippen molar-refractivity contribution in [2.75, 3.05) is 0 Å². The average Bonchev–Trinajstić information content (AvgIpc) is 2.83. The third kappa shape index (κ3) is 2.93. The van der Waals surface area contributed by atoms with Gasteiger partial charge in [0.1, 0.15) is 6.54 Å². The van der Waals surface area contributed by atoms with Gasteiger partial charge < -0.3 is 10.1 Å². The van der Waals surface area contributed by atoms with E-state index in [1.165, 1.54) is 6.20 Å². The Hall–Kier alpha value is -3.49. The summed E-state index contributed by atoms with van der Waals surface area (Å²) in [6.07, 6.45) is 1.19. The van der Waals surface area contributed by atoms with Crippen molar-refractivity contribution in [2.24, 2.45) is 10.2 Å². The minimum atomic E-state index is -0.712. The van der Waals surface area contributed by atoms with Crippen LogP contribution in [0.3, 0.4) is 0 Å². The molecule has 2 heterocycles. The predicted molar refractivity (Wildman–Crippen MR) is 80.8 cm³/mol. The van der Waals surface area contributed by atoms with Crippen molar-refractivity contribution in [3.63, 3.8) is 0 Å². The number of fused-ring (bicyclic) bond motifs is 1. The summed E-state index contributed by atoms with van der Waals surface area (Å²) >= 11 is 0. The van der Waals surface area contributed by atoms with E-state index in [4.69, 9.17) is 0 Å². The number of azo groups is 1. The van der Waals surface area contributed by atoms with Crippen LogP contribution in [0.4, 0.5) is 5.69 Å². The summed E-state index contributed by atoms with van der Waals surface area (Å²) in [6.45, 7) is -0.373. The first-order valence-corrected chi connectivity index (χ1v) is 6.58. The molecule has 0 bridgehead atoms. The maximum absolute atomic E-state index is 11.8. The molecular weight excluding hydrogens is 302 g/mol. The van der Waals surface area contributed by atoms with Gasteiger partial charge in [0.05, 0.1) is 5.52 Å². The monoisotopic (exact) mass is 313 g/mol. The third-order valence-electron chi connectivity index (χ3n) is 3.12. The van der Waals surface area contributed by atoms with Crippen molar-refractivity contribution in [1.29, 1.82) is 0 Å². The maximum Gasteiger partial charge on any atom is 0.328 e. The fourth-order valence-corrected chi connectivity index (χ4v) is 2.07. The summed E-state index contributed by atoms with van der Waals surface area (Å²) in [7, 11) is 0. The molecule has 23 heavy (non-hydrogen) atoms. The Balaban J connectivity index is 1.84. The quantitative estimate of drug-likeness (QED) is 0.623. The Morgan fingerprint density at radius 3 is 2.74 bits per heavy atom. The van der Waals surface area contributed by atoms with E-state index in [0.717, 1.165) is 10.6 Å². The molecule has 1 aromatic carbocycles. The zero-order valence-electron chi connectivity index (χ0n) is 11.7. The number of hydrogen-bond acceptors (Lipinski definition) is 5. The van der Waals surface area contributed by atoms with Gasteiger partial charge in [0.2, 0.25) is 5.88 Å². The van der Waals surface area contributed by atoms with Crippen LogP contribution in [0, 0.1) is 0 Å². The zero-order chi connectivity index (χ0) is 16.4. The van der Waals surface area contributed by atoms with Gasteiger partial charge in [-0.15, -0.1) is 10.2 Å². The summed E-state index contributed by atoms with van der Waals surface area (Å²) in [5.41, 5.74) is -0.467. The Morgan fingerprint density at radius 1 is 1.17 bits per heavy atom. The molecule has 0 spiro atoms. The highest BCUT2D eigenvalue weighted by molar-refractivity contribution is 5.94. The molecule has 9 heteroatoms. The fraction of sp³-hybridized carbons (Fsp3) is 0.0714. The van der Waals surface area contributed by atoms with Gasteiger partial charge >= 0.3 is 5.69 Å². The van der Waals surface area contributed by atoms with E-state index in [9.17, 15) is 19.5 Å². The summed E-state index contributed by atoms with van der Waals surface area (Å²) in [5, 5.41) is 17.6. The standard InChI is InChI=1S/C14H11N5O4/c20-10-5-6-19(14(23)16-10)7-11(21)17-18-12-8-3-1-2-4-9(8)15-13(12)22/h1-6,15,22H,7H2,(H,16,20,23). The first kappa shape index (κ1) is 14.4. The lowest BCUT2D eigenvalue weighted by Gasteiger charge is -1.99. The second-order valence-electron chi connectivity index (χ2n) is 4.70. The molecule has 3 rings (SSSR count). The molecular formula is C14H11N5O4. The van der Waals surface area contributed by atoms with Crippen LogP contribution >= 0.6 is 0 Å². The minimum Gasteiger partial charge on any atom is -0.493 e. The lowest BCUT2D eigenvalue weighted by atomic mass is 10.2. The number of rotatable bonds is 3. The lowest BCUT2D eigenvalue weighted by molar-refractivity contribution is -0.118. The lowest BCUT2D eigenvalue weighted by Crippen LogP contribution is -2.30. The molecule has 0 atom stereocenters. The van der Waals surface area contributed by atoms with Crippen LogP contribution in [0.1, 0.15) is 0 Å². The van der Waals surface area contributed by atoms with Crippen LogP contribution in [0.5, 0.6) is 5.88 Å². The number of aromatic hydroxyl groups is 1. The highest BCUT2D eigenvalue weighted by Gasteiger charge is 2.10. The normalized spacial score (nSPS) is 11.3. The molecule has 9 nitrogen and oxygen atoms in total. The van der Waals surface area contributed by atoms with Crippen molar-refractivity contribution in [3.05, 3.63) is 57.4 Å². The van der Waals surface area contributed by atoms with E-state index in [-0.39, 0.29) is 18.1 Å². The number of H-pyrrole nitrogens is 2. The van der Waals surface area contributed by atoms with E-state index >= 15 is 0 Å². The van der Waals surface area contributed by atoms with Crippen molar-refractivity contribution < 1.29 is 9.90 Å². The third-order valence-corrected chi connectivity index (χ3v) is 3.12. The Morgan fingerprint density at radius 2 is 1.96 bits per heavy atom. The summed E-state index contributed by atoms with van der Waals surface area (Å²) in [5.74, 6) is -0.909. The molecule has 0 unspecified atom stereocenters. The number of aromatic nitrogens is 3. The fourth-order valence-electron chi connectivity index (χ4n) is 2.07. The van der Waals surface area contributed by atoms with Gasteiger partial charge in [0.25, 0.3) is 11.5 Å². The molecule has 2 aromatic heterocycles. The molecule has 116 valence electrons. The summed E-state index contributed by atoms with van der Waals surface area (Å²) in [6, 6.07) is 8.13. The number of aromatic amines is 2. The van der Waals surface area contributed by atoms with Gasteiger partial charge in [-0.05, 0) is 6.07 Å². The van der Waals surface area contributed by atoms with Crippen LogP contribution in [-0.2, 0) is 11.3 Å². The second kappa shape index (κ2) is 5.72. The number of carbonyl (C=O) groups is 1. The number of benzene rings is 1. The molecule has 0 aliphatic heterocycles. The number of carbonyl (C=O) groups excluding carboxylic acids is 1. The van der Waals surface area contributed by atoms with E-state index in [1.54, 1.807) is 24.3 Å². The van der Waals surface area contributed by atoms with E-state index < -0.39 is 17.2 Å². The molecule has 3 aromatic rings. The number of nitrogens with one attached hydrogen (secondary N) is 2. The molecule has 0 fully saturated rings. The van der Waals surface area contributed by atoms with Crippen LogP contribution < -0.4 is 11.2 Å². The van der Waals surface area contributed by atoms with Crippen LogP contribution in [0.2, 0.25) is 0 Å². The van der Waals surface area contributed by atoms with Crippen LogP contribution in [0.15, 0.2) is 56.3 Å². The van der Waals surface area contributed by atoms with Gasteiger partial charge in [0, 0.05) is 17.6 Å². The Kier molecular flexibility index (Phi) is 3.59. The largest absolute Gasteiger partial charge is 0.493 e. The van der Waals surface area contributed by atoms with Crippen molar-refractivity contribution in [2.45, 2.75) is 6.54 Å². The number of nitrogens with zero attached hydrogens (tertiary/aromatic N) is 3. The van der Waals surface area contributed by atoms with Crippen molar-refractivity contribution in [1.82, 2.24) is 14.5 Å². The highest BCUT2D eigenvalue weighted by atomic mass is 16.3. The first-order chi connectivity index (χ1) is 11.0. The molecule has 1 amide bonds. The predicted octanol–water partition coefficient (Wildman–Crippen LogP) is 1.03. The number of amides is 1. The van der Waals surface area contributed by atoms with E-state index in [2.05, 4.69) is 15.2 Å². The average molecular weight is 313 g/mol. The first-order valence-electron chi connectivity index (χ1n) is 6.58. The van der Waals surface area contributed by atoms with E-state index in [1.807, 2.05) is 4.98 Å². The zero-order valence-corrected chi connectivity index (χ0v) is 11.7. The van der Waals surface area contributed by atoms with Gasteiger partial charge in [-0.2, -0.15) is 0 Å². The van der Waals surface area contributed by atoms with Gasteiger partial charge in [-0.25, -0.2) is 4.79 Å². The Bertz CT molecular complexity index is 1030.